The number of anilines is 1. The number of para-hydroxylation sites is 1. The molecular formula is C21H15ClN2OS2. The van der Waals surface area contributed by atoms with Crippen LogP contribution in [0.2, 0.25) is 5.02 Å². The molecule has 0 saturated heterocycles. The van der Waals surface area contributed by atoms with Gasteiger partial charge in [0.1, 0.15) is 5.25 Å². The predicted molar refractivity (Wildman–Crippen MR) is 115 cm³/mol. The molecule has 4 rings (SSSR count). The molecule has 0 aliphatic rings. The second kappa shape index (κ2) is 8.13. The molecule has 3 aromatic carbocycles. The lowest BCUT2D eigenvalue weighted by molar-refractivity contribution is -0.115. The third-order valence-electron chi connectivity index (χ3n) is 3.93. The molecule has 4 aromatic rings. The van der Waals surface area contributed by atoms with E-state index < -0.39 is 5.25 Å². The van der Waals surface area contributed by atoms with E-state index in [0.717, 1.165) is 25.8 Å². The number of aromatic nitrogens is 1. The fraction of sp³-hybridized carbons (Fsp3) is 0.0476. The summed E-state index contributed by atoms with van der Waals surface area (Å²) in [5.41, 5.74) is 2.57. The van der Waals surface area contributed by atoms with Crippen LogP contribution in [0.3, 0.4) is 0 Å². The number of benzene rings is 3. The predicted octanol–water partition coefficient (Wildman–Crippen LogP) is 6.42. The molecule has 0 bridgehead atoms. The van der Waals surface area contributed by atoms with Gasteiger partial charge < -0.3 is 5.32 Å². The number of thioether (sulfide) groups is 1. The highest BCUT2D eigenvalue weighted by Gasteiger charge is 2.24. The van der Waals surface area contributed by atoms with Gasteiger partial charge in [-0.2, -0.15) is 0 Å². The zero-order chi connectivity index (χ0) is 18.6. The summed E-state index contributed by atoms with van der Waals surface area (Å²) < 4.78 is 1.89. The van der Waals surface area contributed by atoms with Crippen LogP contribution in [0, 0.1) is 0 Å². The molecule has 1 N–H and O–H groups in total. The largest absolute Gasteiger partial charge is 0.325 e. The lowest BCUT2D eigenvalue weighted by Gasteiger charge is -2.15. The van der Waals surface area contributed by atoms with E-state index >= 15 is 0 Å². The van der Waals surface area contributed by atoms with Gasteiger partial charge in [0.15, 0.2) is 4.34 Å². The molecule has 1 aromatic heterocycles. The Hall–Kier alpha value is -2.34. The number of carbonyl (C=O) groups excluding carboxylic acids is 1. The van der Waals surface area contributed by atoms with E-state index in [1.807, 2.05) is 78.9 Å². The van der Waals surface area contributed by atoms with Crippen molar-refractivity contribution >= 4 is 56.5 Å². The quantitative estimate of drug-likeness (QED) is 0.386. The van der Waals surface area contributed by atoms with Crippen molar-refractivity contribution < 1.29 is 4.79 Å². The summed E-state index contributed by atoms with van der Waals surface area (Å²) in [7, 11) is 0. The van der Waals surface area contributed by atoms with Crippen molar-refractivity contribution in [2.75, 3.05) is 5.32 Å². The van der Waals surface area contributed by atoms with Gasteiger partial charge in [-0.05, 0) is 35.9 Å². The van der Waals surface area contributed by atoms with E-state index in [2.05, 4.69) is 10.3 Å². The van der Waals surface area contributed by atoms with Gasteiger partial charge in [-0.3, -0.25) is 4.79 Å². The maximum atomic E-state index is 13.0. The first-order valence-electron chi connectivity index (χ1n) is 8.33. The molecule has 0 aliphatic carbocycles. The van der Waals surface area contributed by atoms with Gasteiger partial charge in [0.05, 0.1) is 10.2 Å². The monoisotopic (exact) mass is 410 g/mol. The zero-order valence-electron chi connectivity index (χ0n) is 14.1. The molecule has 6 heteroatoms. The summed E-state index contributed by atoms with van der Waals surface area (Å²) in [4.78, 5) is 17.7. The molecule has 27 heavy (non-hydrogen) atoms. The van der Waals surface area contributed by atoms with Crippen LogP contribution in [0.5, 0.6) is 0 Å². The molecule has 1 amide bonds. The first-order valence-corrected chi connectivity index (χ1v) is 10.4. The summed E-state index contributed by atoms with van der Waals surface area (Å²) in [6, 6.07) is 24.9. The van der Waals surface area contributed by atoms with Crippen LogP contribution >= 0.6 is 34.7 Å². The molecule has 0 spiro atoms. The number of hydrogen-bond donors (Lipinski definition) is 1. The van der Waals surface area contributed by atoms with Crippen LogP contribution in [0.25, 0.3) is 10.2 Å². The number of nitrogens with one attached hydrogen (secondary N) is 1. The SMILES string of the molecule is O=C(Nc1ccccc1)C(Sc1nc2cc(Cl)ccc2s1)c1ccccc1. The van der Waals surface area contributed by atoms with Gasteiger partial charge in [0.2, 0.25) is 5.91 Å². The number of fused-ring (bicyclic) bond motifs is 1. The summed E-state index contributed by atoms with van der Waals surface area (Å²) in [6.45, 7) is 0. The Morgan fingerprint density at radius 1 is 1.00 bits per heavy atom. The van der Waals surface area contributed by atoms with Gasteiger partial charge in [-0.1, -0.05) is 71.9 Å². The van der Waals surface area contributed by atoms with Crippen LogP contribution in [0.4, 0.5) is 5.69 Å². The molecule has 1 heterocycles. The number of hydrogen-bond acceptors (Lipinski definition) is 4. The molecule has 0 saturated carbocycles. The second-order valence-corrected chi connectivity index (χ2v) is 8.67. The number of amides is 1. The van der Waals surface area contributed by atoms with Crippen molar-refractivity contribution in [2.24, 2.45) is 0 Å². The van der Waals surface area contributed by atoms with Gasteiger partial charge in [0, 0.05) is 10.7 Å². The summed E-state index contributed by atoms with van der Waals surface area (Å²) in [6.07, 6.45) is 0. The highest BCUT2D eigenvalue weighted by molar-refractivity contribution is 8.02. The minimum Gasteiger partial charge on any atom is -0.325 e. The normalized spacial score (nSPS) is 12.0. The average molecular weight is 411 g/mol. The van der Waals surface area contributed by atoms with Gasteiger partial charge in [-0.15, -0.1) is 11.3 Å². The third kappa shape index (κ3) is 4.33. The molecule has 0 fully saturated rings. The van der Waals surface area contributed by atoms with Crippen molar-refractivity contribution in [2.45, 2.75) is 9.59 Å². The van der Waals surface area contributed by atoms with Crippen molar-refractivity contribution in [3.63, 3.8) is 0 Å². The van der Waals surface area contributed by atoms with E-state index in [1.54, 1.807) is 11.3 Å². The number of thiazole rings is 1. The first-order chi connectivity index (χ1) is 13.2. The Morgan fingerprint density at radius 3 is 2.44 bits per heavy atom. The van der Waals surface area contributed by atoms with Gasteiger partial charge in [0.25, 0.3) is 0 Å². The summed E-state index contributed by atoms with van der Waals surface area (Å²) >= 11 is 9.08. The maximum absolute atomic E-state index is 13.0. The number of carbonyl (C=O) groups is 1. The Bertz CT molecular complexity index is 1070. The minimum absolute atomic E-state index is 0.0744. The Balaban J connectivity index is 1.64. The van der Waals surface area contributed by atoms with Crippen molar-refractivity contribution in [3.05, 3.63) is 89.4 Å². The fourth-order valence-electron chi connectivity index (χ4n) is 2.66. The second-order valence-electron chi connectivity index (χ2n) is 5.86. The van der Waals surface area contributed by atoms with E-state index in [4.69, 9.17) is 11.6 Å². The average Bonchev–Trinajstić information content (AvgIpc) is 3.09. The Morgan fingerprint density at radius 2 is 1.70 bits per heavy atom. The summed E-state index contributed by atoms with van der Waals surface area (Å²) in [5, 5.41) is 3.26. The zero-order valence-corrected chi connectivity index (χ0v) is 16.5. The summed E-state index contributed by atoms with van der Waals surface area (Å²) in [5.74, 6) is -0.0744. The molecule has 1 unspecified atom stereocenters. The minimum atomic E-state index is -0.401. The van der Waals surface area contributed by atoms with Crippen LogP contribution in [-0.4, -0.2) is 10.9 Å². The van der Waals surface area contributed by atoms with Crippen LogP contribution in [-0.2, 0) is 4.79 Å². The first kappa shape index (κ1) is 18.0. The molecular weight excluding hydrogens is 396 g/mol. The third-order valence-corrected chi connectivity index (χ3v) is 6.55. The van der Waals surface area contributed by atoms with Crippen LogP contribution < -0.4 is 5.32 Å². The number of rotatable bonds is 5. The molecule has 134 valence electrons. The van der Waals surface area contributed by atoms with Gasteiger partial charge >= 0.3 is 0 Å². The van der Waals surface area contributed by atoms with E-state index in [9.17, 15) is 4.79 Å². The van der Waals surface area contributed by atoms with Crippen molar-refractivity contribution in [1.29, 1.82) is 0 Å². The highest BCUT2D eigenvalue weighted by atomic mass is 35.5. The van der Waals surface area contributed by atoms with E-state index in [0.29, 0.717) is 5.02 Å². The lowest BCUT2D eigenvalue weighted by atomic mass is 10.1. The van der Waals surface area contributed by atoms with Gasteiger partial charge in [-0.25, -0.2) is 4.98 Å². The smallest absolute Gasteiger partial charge is 0.242 e. The molecule has 3 nitrogen and oxygen atoms in total. The number of halogens is 1. The standard InChI is InChI=1S/C21H15ClN2OS2/c22-15-11-12-18-17(13-15)24-21(26-18)27-19(14-7-3-1-4-8-14)20(25)23-16-9-5-2-6-10-16/h1-13,19H,(H,23,25). The molecule has 1 atom stereocenters. The van der Waals surface area contributed by atoms with E-state index in [-0.39, 0.29) is 5.91 Å². The number of nitrogens with zero attached hydrogens (tertiary/aromatic N) is 1. The topological polar surface area (TPSA) is 42.0 Å². The Kier molecular flexibility index (Phi) is 5.43. The van der Waals surface area contributed by atoms with Crippen LogP contribution in [0.1, 0.15) is 10.8 Å². The van der Waals surface area contributed by atoms with Crippen molar-refractivity contribution in [3.8, 4) is 0 Å². The van der Waals surface area contributed by atoms with Crippen molar-refractivity contribution in [1.82, 2.24) is 4.98 Å². The molecule has 0 radical (unpaired) electrons. The molecule has 0 aliphatic heterocycles. The lowest BCUT2D eigenvalue weighted by Crippen LogP contribution is -2.18. The maximum Gasteiger partial charge on any atom is 0.242 e. The van der Waals surface area contributed by atoms with E-state index in [1.165, 1.54) is 11.8 Å². The van der Waals surface area contributed by atoms with Crippen LogP contribution in [0.15, 0.2) is 83.2 Å². The highest BCUT2D eigenvalue weighted by Crippen LogP contribution is 2.40. The fourth-order valence-corrected chi connectivity index (χ4v) is 5.07. The Labute approximate surface area is 170 Å².